The first kappa shape index (κ1) is 49.6. The molecule has 1 aliphatic heterocycles. The maximum atomic E-state index is 10.0. The maximum absolute atomic E-state index is 10.0. The number of aromatic hydroxyl groups is 2. The van der Waals surface area contributed by atoms with E-state index in [0.29, 0.717) is 44.6 Å². The molecule has 4 aromatic rings. The molecular weight excluding hydrogens is 1180 g/mol. The number of phenols is 2. The van der Waals surface area contributed by atoms with Crippen molar-refractivity contribution in [3.8, 4) is 23.0 Å². The zero-order chi connectivity index (χ0) is 40.6. The summed E-state index contributed by atoms with van der Waals surface area (Å²) in [6.07, 6.45) is 7.87. The van der Waals surface area contributed by atoms with Gasteiger partial charge >= 0.3 is 56.6 Å². The van der Waals surface area contributed by atoms with E-state index < -0.39 is 18.4 Å². The van der Waals surface area contributed by atoms with Gasteiger partial charge in [-0.25, -0.2) is 4.79 Å². The van der Waals surface area contributed by atoms with Crippen molar-refractivity contribution < 1.29 is 57.4 Å². The SMILES string of the molecule is CC(O)COc1ccc(C2(c3ccc(OCC(C)O)cc3)CCCC2)cc1.CC1COC(=O)O1.I.I[I-]I.Oc1ccc(C2(c3ccc(O)cc3)CCCC2)cc1. The van der Waals surface area contributed by atoms with Crippen LogP contribution in [0.15, 0.2) is 97.1 Å². The monoisotopic (exact) mass is 1240 g/mol. The van der Waals surface area contributed by atoms with E-state index in [1.165, 1.54) is 47.9 Å². The Bertz CT molecular complexity index is 1620. The second-order valence-electron chi connectivity index (χ2n) is 14.6. The number of hydrogen-bond donors (Lipinski definition) is 4. The predicted octanol–water partition coefficient (Wildman–Crippen LogP) is 7.96. The van der Waals surface area contributed by atoms with Crippen molar-refractivity contribution in [2.24, 2.45) is 0 Å². The molecule has 0 aromatic heterocycles. The molecule has 0 spiro atoms. The number of benzene rings is 4. The summed E-state index contributed by atoms with van der Waals surface area (Å²) in [6, 6.07) is 31.7. The average Bonchev–Trinajstić information content (AvgIpc) is 3.98. The second-order valence-corrected chi connectivity index (χ2v) is 30.8. The number of hydrogen-bond acceptors (Lipinski definition) is 9. The Morgan fingerprint density at radius 1 is 0.649 bits per heavy atom. The normalized spacial score (nSPS) is 18.4. The summed E-state index contributed by atoms with van der Waals surface area (Å²) in [5.41, 5.74) is 5.21. The van der Waals surface area contributed by atoms with Crippen LogP contribution < -0.4 is 22.7 Å². The molecule has 1 saturated heterocycles. The Balaban J connectivity index is 0.000000250. The van der Waals surface area contributed by atoms with E-state index in [4.69, 9.17) is 9.47 Å². The van der Waals surface area contributed by atoms with Crippen LogP contribution in [-0.4, -0.2) is 64.7 Å². The van der Waals surface area contributed by atoms with Gasteiger partial charge in [0.1, 0.15) is 48.9 Å². The molecule has 57 heavy (non-hydrogen) atoms. The van der Waals surface area contributed by atoms with Crippen LogP contribution in [-0.2, 0) is 20.3 Å². The fourth-order valence-corrected chi connectivity index (χ4v) is 7.60. The van der Waals surface area contributed by atoms with Crippen LogP contribution >= 0.6 is 61.2 Å². The minimum Gasteiger partial charge on any atom is -0.508 e. The topological polar surface area (TPSA) is 135 Å². The smallest absolute Gasteiger partial charge is 0.115 e. The minimum atomic E-state index is -0.549. The number of ether oxygens (including phenoxy) is 4. The van der Waals surface area contributed by atoms with Gasteiger partial charge in [-0.1, -0.05) is 74.2 Å². The number of halogens is 4. The third kappa shape index (κ3) is 15.0. The summed E-state index contributed by atoms with van der Waals surface area (Å²) in [5.74, 6) is 2.19. The number of rotatable bonds is 10. The van der Waals surface area contributed by atoms with Crippen LogP contribution in [0.2, 0.25) is 0 Å². The molecule has 314 valence electrons. The average molecular weight is 1240 g/mol. The fourth-order valence-electron chi connectivity index (χ4n) is 7.60. The van der Waals surface area contributed by atoms with Crippen molar-refractivity contribution >= 4 is 67.4 Å². The number of carbonyl (C=O) groups excluding carboxylic acids is 1. The van der Waals surface area contributed by atoms with Crippen molar-refractivity contribution in [1.29, 1.82) is 0 Å². The maximum Gasteiger partial charge on any atom is 0.115 e. The van der Waals surface area contributed by atoms with Gasteiger partial charge in [0.2, 0.25) is 0 Å². The zero-order valence-corrected chi connectivity index (χ0v) is 41.4. The van der Waals surface area contributed by atoms with Crippen LogP contribution in [0.3, 0.4) is 0 Å². The summed E-state index contributed by atoms with van der Waals surface area (Å²) in [6.45, 7) is 6.23. The van der Waals surface area contributed by atoms with Gasteiger partial charge in [-0.15, -0.1) is 24.0 Å². The Labute approximate surface area is 384 Å². The molecule has 4 aromatic carbocycles. The third-order valence-electron chi connectivity index (χ3n) is 10.3. The van der Waals surface area contributed by atoms with Crippen LogP contribution in [0.25, 0.3) is 0 Å². The van der Waals surface area contributed by atoms with E-state index in [1.807, 2.05) is 48.5 Å². The Morgan fingerprint density at radius 3 is 1.18 bits per heavy atom. The fraction of sp³-hybridized carbons (Fsp3) is 0.432. The van der Waals surface area contributed by atoms with Gasteiger partial charge in [0.05, 0.1) is 12.2 Å². The molecule has 13 heteroatoms. The summed E-state index contributed by atoms with van der Waals surface area (Å²) >= 11 is 5.30. The first-order chi connectivity index (χ1) is 26.9. The first-order valence-corrected chi connectivity index (χ1v) is 31.6. The molecule has 3 aliphatic rings. The molecule has 0 bridgehead atoms. The van der Waals surface area contributed by atoms with Crippen molar-refractivity contribution in [1.82, 2.24) is 0 Å². The van der Waals surface area contributed by atoms with E-state index in [0.717, 1.165) is 37.2 Å². The van der Waals surface area contributed by atoms with E-state index in [2.05, 4.69) is 71.0 Å². The minimum absolute atomic E-state index is 0. The molecule has 2 aliphatic carbocycles. The number of phenolic OH excluding ortho intramolecular Hbond substituents is 2. The number of cyclic esters (lactones) is 2. The molecule has 0 amide bonds. The van der Waals surface area contributed by atoms with Crippen molar-refractivity contribution in [3.63, 3.8) is 0 Å². The standard InChI is InChI=1S/C23H30O4.C17H18O2.C4H6O3.I3.HI/c1-17(24)15-26-21-9-5-19(6-10-21)23(13-3-4-14-23)20-7-11-22(12-8-20)27-16-18(2)25;18-15-7-3-13(4-8-15)17(11-1-2-12-17)14-5-9-16(19)10-6-14;1-3-2-6-4(5)7-3;1-3-2;/h5-12,17-18,24-25H,3-4,13-16H2,1-2H3;3-10,18-19H,1-2,11-12H2;3H,2H2,1H3;;1H/q;;;-1;. The Hall–Kier alpha value is -1.81. The molecule has 3 unspecified atom stereocenters. The Kier molecular flexibility index (Phi) is 21.8. The van der Waals surface area contributed by atoms with Crippen molar-refractivity contribution in [2.45, 2.75) is 101 Å². The van der Waals surface area contributed by atoms with Crippen LogP contribution in [0.1, 0.15) is 94.4 Å². The molecule has 2 saturated carbocycles. The van der Waals surface area contributed by atoms with Gasteiger partial charge in [-0.3, -0.25) is 0 Å². The first-order valence-electron chi connectivity index (χ1n) is 19.0. The summed E-state index contributed by atoms with van der Waals surface area (Å²) in [7, 11) is 0. The van der Waals surface area contributed by atoms with E-state index in [9.17, 15) is 25.2 Å². The molecule has 4 N–H and O–H groups in total. The van der Waals surface area contributed by atoms with Gasteiger partial charge in [0, 0.05) is 10.8 Å². The van der Waals surface area contributed by atoms with Gasteiger partial charge in [-0.2, -0.15) is 0 Å². The molecular formula is C44H55I4O9-. The molecule has 0 radical (unpaired) electrons. The number of aliphatic hydroxyl groups is 2. The molecule has 7 rings (SSSR count). The van der Waals surface area contributed by atoms with Crippen molar-refractivity contribution in [2.75, 3.05) is 19.8 Å². The molecule has 3 atom stereocenters. The van der Waals surface area contributed by atoms with E-state index in [1.54, 1.807) is 45.0 Å². The van der Waals surface area contributed by atoms with Crippen LogP contribution in [0, 0.1) is 0 Å². The van der Waals surface area contributed by atoms with Gasteiger partial charge in [0.25, 0.3) is 0 Å². The number of carbonyl (C=O) groups is 1. The second kappa shape index (κ2) is 25.1. The largest absolute Gasteiger partial charge is 0.508 e. The van der Waals surface area contributed by atoms with Crippen molar-refractivity contribution in [3.05, 3.63) is 119 Å². The van der Waals surface area contributed by atoms with Gasteiger partial charge in [-0.05, 0) is 117 Å². The number of aliphatic hydroxyl groups excluding tert-OH is 2. The molecule has 9 nitrogen and oxygen atoms in total. The van der Waals surface area contributed by atoms with Gasteiger partial charge < -0.3 is 39.4 Å². The Morgan fingerprint density at radius 2 is 0.947 bits per heavy atom. The molecule has 1 heterocycles. The van der Waals surface area contributed by atoms with Crippen LogP contribution in [0.5, 0.6) is 23.0 Å². The molecule has 3 fully saturated rings. The predicted molar refractivity (Wildman–Crippen MR) is 247 cm³/mol. The third-order valence-corrected chi connectivity index (χ3v) is 10.3. The van der Waals surface area contributed by atoms with Gasteiger partial charge in [0.15, 0.2) is 0 Å². The quantitative estimate of drug-likeness (QED) is 0.0923. The van der Waals surface area contributed by atoms with Crippen LogP contribution in [0.4, 0.5) is 4.79 Å². The van der Waals surface area contributed by atoms with E-state index >= 15 is 0 Å². The summed E-state index contributed by atoms with van der Waals surface area (Å²) in [5, 5.41) is 37.7. The zero-order valence-electron chi connectivity index (χ0n) is 32.6. The summed E-state index contributed by atoms with van der Waals surface area (Å²) in [4.78, 5) is 10.0. The summed E-state index contributed by atoms with van der Waals surface area (Å²) < 4.78 is 20.1. The van der Waals surface area contributed by atoms with E-state index in [-0.39, 0.29) is 40.9 Å².